The van der Waals surface area contributed by atoms with Gasteiger partial charge in [0, 0.05) is 45.8 Å². The molecule has 0 saturated carbocycles. The number of rotatable bonds is 6. The van der Waals surface area contributed by atoms with Crippen LogP contribution in [0.2, 0.25) is 0 Å². The fourth-order valence-electron chi connectivity index (χ4n) is 1.60. The Kier molecular flexibility index (Phi) is 3.77. The highest BCUT2D eigenvalue weighted by molar-refractivity contribution is 5.47. The van der Waals surface area contributed by atoms with Gasteiger partial charge in [0.2, 0.25) is 5.95 Å². The van der Waals surface area contributed by atoms with Crippen LogP contribution in [0.5, 0.6) is 0 Å². The number of hydrogen-bond donors (Lipinski definition) is 1. The molecule has 2 aromatic heterocycles. The summed E-state index contributed by atoms with van der Waals surface area (Å²) in [5.74, 6) is 1.74. The van der Waals surface area contributed by atoms with Gasteiger partial charge in [0.25, 0.3) is 0 Å². The Hall–Kier alpha value is -1.82. The molecule has 92 valence electrons. The van der Waals surface area contributed by atoms with Crippen molar-refractivity contribution in [2.24, 2.45) is 7.05 Å². The second-order valence-corrected chi connectivity index (χ2v) is 3.76. The molecule has 17 heavy (non-hydrogen) atoms. The van der Waals surface area contributed by atoms with Crippen LogP contribution in [0, 0.1) is 0 Å². The number of nitrogens with zero attached hydrogens (tertiary/aromatic N) is 4. The van der Waals surface area contributed by atoms with Crippen molar-refractivity contribution >= 4 is 11.8 Å². The van der Waals surface area contributed by atoms with Gasteiger partial charge in [0.15, 0.2) is 0 Å². The summed E-state index contributed by atoms with van der Waals surface area (Å²) >= 11 is 0. The Morgan fingerprint density at radius 1 is 1.41 bits per heavy atom. The Balaban J connectivity index is 2.01. The van der Waals surface area contributed by atoms with Gasteiger partial charge in [-0.3, -0.25) is 4.68 Å². The molecule has 0 saturated heterocycles. The molecule has 2 heterocycles. The summed E-state index contributed by atoms with van der Waals surface area (Å²) in [6, 6.07) is 1.91. The molecule has 0 unspecified atom stereocenters. The van der Waals surface area contributed by atoms with Crippen LogP contribution in [-0.4, -0.2) is 33.0 Å². The molecule has 0 fully saturated rings. The van der Waals surface area contributed by atoms with E-state index in [4.69, 9.17) is 4.74 Å². The molecule has 0 aliphatic heterocycles. The first-order valence-electron chi connectivity index (χ1n) is 5.56. The molecule has 0 amide bonds. The topological polar surface area (TPSA) is 56.9 Å². The minimum absolute atomic E-state index is 0.753. The standard InChI is InChI=1S/C11H17N5O/c1-15-10(4-5-13-15)14-11-12-6-8-16(11)7-3-9-17-2/h4-6,8H,3,7,9H2,1-2H3,(H,12,14). The van der Waals surface area contributed by atoms with Gasteiger partial charge >= 0.3 is 0 Å². The molecule has 0 bridgehead atoms. The van der Waals surface area contributed by atoms with Crippen LogP contribution in [0.25, 0.3) is 0 Å². The molecule has 6 nitrogen and oxygen atoms in total. The number of nitrogens with one attached hydrogen (secondary N) is 1. The third-order valence-electron chi connectivity index (χ3n) is 2.52. The van der Waals surface area contributed by atoms with Crippen molar-refractivity contribution < 1.29 is 4.74 Å². The van der Waals surface area contributed by atoms with Crippen molar-refractivity contribution in [1.29, 1.82) is 0 Å². The van der Waals surface area contributed by atoms with Gasteiger partial charge in [-0.1, -0.05) is 0 Å². The summed E-state index contributed by atoms with van der Waals surface area (Å²) in [5, 5.41) is 7.34. The van der Waals surface area contributed by atoms with Gasteiger partial charge in [0.05, 0.1) is 6.20 Å². The van der Waals surface area contributed by atoms with Crippen molar-refractivity contribution in [3.8, 4) is 0 Å². The van der Waals surface area contributed by atoms with Crippen LogP contribution < -0.4 is 5.32 Å². The van der Waals surface area contributed by atoms with Gasteiger partial charge in [-0.25, -0.2) is 4.98 Å². The largest absolute Gasteiger partial charge is 0.385 e. The summed E-state index contributed by atoms with van der Waals surface area (Å²) in [6.45, 7) is 1.64. The molecular formula is C11H17N5O. The summed E-state index contributed by atoms with van der Waals surface area (Å²) in [7, 11) is 3.60. The van der Waals surface area contributed by atoms with Crippen LogP contribution in [0.15, 0.2) is 24.7 Å². The normalized spacial score (nSPS) is 10.7. The number of aryl methyl sites for hydroxylation is 2. The van der Waals surface area contributed by atoms with Crippen molar-refractivity contribution in [1.82, 2.24) is 19.3 Å². The number of imidazole rings is 1. The van der Waals surface area contributed by atoms with Crippen molar-refractivity contribution in [2.75, 3.05) is 19.0 Å². The summed E-state index contributed by atoms with van der Waals surface area (Å²) in [6.07, 6.45) is 6.45. The van der Waals surface area contributed by atoms with E-state index in [2.05, 4.69) is 20.0 Å². The predicted molar refractivity (Wildman–Crippen MR) is 65.2 cm³/mol. The summed E-state index contributed by atoms with van der Waals surface area (Å²) in [5.41, 5.74) is 0. The summed E-state index contributed by atoms with van der Waals surface area (Å²) in [4.78, 5) is 4.28. The second-order valence-electron chi connectivity index (χ2n) is 3.76. The maximum Gasteiger partial charge on any atom is 0.208 e. The monoisotopic (exact) mass is 235 g/mol. The molecule has 0 aromatic carbocycles. The Morgan fingerprint density at radius 2 is 2.29 bits per heavy atom. The minimum Gasteiger partial charge on any atom is -0.385 e. The van der Waals surface area contributed by atoms with Crippen LogP contribution in [0.1, 0.15) is 6.42 Å². The van der Waals surface area contributed by atoms with Gasteiger partial charge in [0.1, 0.15) is 5.82 Å². The Bertz CT molecular complexity index is 462. The molecule has 2 aromatic rings. The molecule has 0 radical (unpaired) electrons. The Labute approximate surface area is 100 Å². The first-order chi connectivity index (χ1) is 8.31. The highest BCUT2D eigenvalue weighted by atomic mass is 16.5. The van der Waals surface area contributed by atoms with E-state index in [1.165, 1.54) is 0 Å². The number of aromatic nitrogens is 4. The van der Waals surface area contributed by atoms with Crippen LogP contribution in [-0.2, 0) is 18.3 Å². The Morgan fingerprint density at radius 3 is 3.00 bits per heavy atom. The number of methoxy groups -OCH3 is 1. The van der Waals surface area contributed by atoms with E-state index in [-0.39, 0.29) is 0 Å². The SMILES string of the molecule is COCCCn1ccnc1Nc1ccnn1C. The van der Waals surface area contributed by atoms with Gasteiger partial charge in [-0.2, -0.15) is 5.10 Å². The third-order valence-corrected chi connectivity index (χ3v) is 2.52. The van der Waals surface area contributed by atoms with Gasteiger partial charge in [-0.05, 0) is 6.42 Å². The lowest BCUT2D eigenvalue weighted by atomic mass is 10.4. The molecular weight excluding hydrogens is 218 g/mol. The van der Waals surface area contributed by atoms with E-state index >= 15 is 0 Å². The predicted octanol–water partition coefficient (Wildman–Crippen LogP) is 1.40. The lowest BCUT2D eigenvalue weighted by molar-refractivity contribution is 0.190. The van der Waals surface area contributed by atoms with Crippen LogP contribution in [0.3, 0.4) is 0 Å². The fourth-order valence-corrected chi connectivity index (χ4v) is 1.60. The maximum atomic E-state index is 5.04. The first kappa shape index (κ1) is 11.7. The van der Waals surface area contributed by atoms with Crippen LogP contribution >= 0.6 is 0 Å². The van der Waals surface area contributed by atoms with Crippen molar-refractivity contribution in [3.05, 3.63) is 24.7 Å². The minimum atomic E-state index is 0.753. The maximum absolute atomic E-state index is 5.04. The van der Waals surface area contributed by atoms with E-state index in [0.717, 1.165) is 31.3 Å². The molecule has 0 atom stereocenters. The first-order valence-corrected chi connectivity index (χ1v) is 5.56. The van der Waals surface area contributed by atoms with E-state index in [1.807, 2.05) is 19.3 Å². The van der Waals surface area contributed by atoms with E-state index in [0.29, 0.717) is 0 Å². The van der Waals surface area contributed by atoms with Crippen molar-refractivity contribution in [3.63, 3.8) is 0 Å². The average molecular weight is 235 g/mol. The highest BCUT2D eigenvalue weighted by Gasteiger charge is 2.04. The zero-order valence-electron chi connectivity index (χ0n) is 10.1. The second kappa shape index (κ2) is 5.49. The lowest BCUT2D eigenvalue weighted by Gasteiger charge is -2.09. The van der Waals surface area contributed by atoms with Crippen molar-refractivity contribution in [2.45, 2.75) is 13.0 Å². The fraction of sp³-hybridized carbons (Fsp3) is 0.455. The molecule has 0 spiro atoms. The highest BCUT2D eigenvalue weighted by Crippen LogP contribution is 2.13. The van der Waals surface area contributed by atoms with Crippen LogP contribution in [0.4, 0.5) is 11.8 Å². The molecule has 0 aliphatic rings. The zero-order chi connectivity index (χ0) is 12.1. The van der Waals surface area contributed by atoms with Gasteiger partial charge in [-0.15, -0.1) is 0 Å². The number of anilines is 2. The molecule has 1 N–H and O–H groups in total. The summed E-state index contributed by atoms with van der Waals surface area (Å²) < 4.78 is 8.87. The molecule has 6 heteroatoms. The van der Waals surface area contributed by atoms with E-state index in [1.54, 1.807) is 24.2 Å². The lowest BCUT2D eigenvalue weighted by Crippen LogP contribution is -2.07. The molecule has 0 aliphatic carbocycles. The zero-order valence-corrected chi connectivity index (χ0v) is 10.1. The smallest absolute Gasteiger partial charge is 0.208 e. The van der Waals surface area contributed by atoms with E-state index in [9.17, 15) is 0 Å². The van der Waals surface area contributed by atoms with E-state index < -0.39 is 0 Å². The third kappa shape index (κ3) is 2.85. The average Bonchev–Trinajstić information content (AvgIpc) is 2.91. The quantitative estimate of drug-likeness (QED) is 0.769. The molecule has 2 rings (SSSR count). The van der Waals surface area contributed by atoms with Gasteiger partial charge < -0.3 is 14.6 Å². The number of ether oxygens (including phenoxy) is 1. The number of hydrogen-bond acceptors (Lipinski definition) is 4.